The highest BCUT2D eigenvalue weighted by Gasteiger charge is 2.38. The Kier molecular flexibility index (Phi) is 5.69. The Morgan fingerprint density at radius 3 is 2.45 bits per heavy atom. The molecule has 1 aliphatic heterocycles. The summed E-state index contributed by atoms with van der Waals surface area (Å²) in [5.41, 5.74) is 2.28. The Balaban J connectivity index is 1.58. The zero-order valence-corrected chi connectivity index (χ0v) is 18.6. The van der Waals surface area contributed by atoms with E-state index in [9.17, 15) is 14.4 Å². The number of hydrogen-bond donors (Lipinski definition) is 0. The molecule has 5 heteroatoms. The van der Waals surface area contributed by atoms with Gasteiger partial charge >= 0.3 is 5.97 Å². The molecule has 1 fully saturated rings. The van der Waals surface area contributed by atoms with Crippen molar-refractivity contribution in [3.05, 3.63) is 64.7 Å². The van der Waals surface area contributed by atoms with Gasteiger partial charge in [-0.3, -0.25) is 9.59 Å². The van der Waals surface area contributed by atoms with E-state index >= 15 is 0 Å². The summed E-state index contributed by atoms with van der Waals surface area (Å²) in [5, 5.41) is 0. The third-order valence-electron chi connectivity index (χ3n) is 6.70. The number of rotatable bonds is 4. The quantitative estimate of drug-likeness (QED) is 0.491. The second-order valence-electron chi connectivity index (χ2n) is 9.26. The van der Waals surface area contributed by atoms with Crippen molar-refractivity contribution >= 4 is 23.5 Å². The highest BCUT2D eigenvalue weighted by molar-refractivity contribution is 6.34. The van der Waals surface area contributed by atoms with Crippen LogP contribution in [0.25, 0.3) is 0 Å². The third kappa shape index (κ3) is 3.89. The van der Waals surface area contributed by atoms with E-state index in [2.05, 4.69) is 20.8 Å². The third-order valence-corrected chi connectivity index (χ3v) is 6.70. The zero-order chi connectivity index (χ0) is 22.3. The monoisotopic (exact) mass is 419 g/mol. The van der Waals surface area contributed by atoms with Gasteiger partial charge in [-0.15, -0.1) is 0 Å². The van der Waals surface area contributed by atoms with Crippen LogP contribution in [0.2, 0.25) is 0 Å². The van der Waals surface area contributed by atoms with Crippen molar-refractivity contribution in [2.45, 2.75) is 53.1 Å². The van der Waals surface area contributed by atoms with Gasteiger partial charge in [0.1, 0.15) is 6.10 Å². The van der Waals surface area contributed by atoms with Crippen LogP contribution >= 0.6 is 0 Å². The molecule has 1 aliphatic carbocycles. The summed E-state index contributed by atoms with van der Waals surface area (Å²) in [6, 6.07) is 11.9. The van der Waals surface area contributed by atoms with E-state index in [1.165, 1.54) is 11.0 Å². The van der Waals surface area contributed by atoms with Gasteiger partial charge in [-0.1, -0.05) is 45.4 Å². The van der Waals surface area contributed by atoms with Crippen molar-refractivity contribution in [2.24, 2.45) is 17.8 Å². The molecule has 2 amide bonds. The molecule has 0 bridgehead atoms. The highest BCUT2D eigenvalue weighted by Crippen LogP contribution is 2.36. The lowest BCUT2D eigenvalue weighted by Crippen LogP contribution is -2.35. The minimum Gasteiger partial charge on any atom is -0.458 e. The SMILES string of the molecule is Cc1ccccc1N1C(=O)c2ccc(C(=O)O[C@@H]3C[C@@H](C)CC[C@@H]3C(C)C)cc2C1=O. The summed E-state index contributed by atoms with van der Waals surface area (Å²) in [4.78, 5) is 40.1. The molecule has 0 unspecified atom stereocenters. The zero-order valence-electron chi connectivity index (χ0n) is 18.6. The fourth-order valence-corrected chi connectivity index (χ4v) is 4.86. The van der Waals surface area contributed by atoms with Gasteiger partial charge in [-0.2, -0.15) is 0 Å². The maximum Gasteiger partial charge on any atom is 0.338 e. The predicted molar refractivity (Wildman–Crippen MR) is 119 cm³/mol. The fraction of sp³-hybridized carbons (Fsp3) is 0.423. The summed E-state index contributed by atoms with van der Waals surface area (Å²) < 4.78 is 5.93. The first kappa shape index (κ1) is 21.3. The summed E-state index contributed by atoms with van der Waals surface area (Å²) in [6.45, 7) is 8.39. The van der Waals surface area contributed by atoms with Crippen molar-refractivity contribution < 1.29 is 19.1 Å². The number of carbonyl (C=O) groups excluding carboxylic acids is 3. The lowest BCUT2D eigenvalue weighted by Gasteiger charge is -2.36. The number of imide groups is 1. The van der Waals surface area contributed by atoms with Gasteiger partial charge in [0.05, 0.1) is 22.4 Å². The van der Waals surface area contributed by atoms with Gasteiger partial charge in [-0.25, -0.2) is 9.69 Å². The molecular formula is C26H29NO4. The number of para-hydroxylation sites is 1. The van der Waals surface area contributed by atoms with Crippen molar-refractivity contribution in [1.29, 1.82) is 0 Å². The Hall–Kier alpha value is -2.95. The molecule has 2 aliphatic rings. The Morgan fingerprint density at radius 2 is 1.74 bits per heavy atom. The van der Waals surface area contributed by atoms with Crippen LogP contribution in [0.1, 0.15) is 76.7 Å². The normalized spacial score (nSPS) is 23.3. The molecule has 0 N–H and O–H groups in total. The van der Waals surface area contributed by atoms with Crippen molar-refractivity contribution in [2.75, 3.05) is 4.90 Å². The molecule has 3 atom stereocenters. The average Bonchev–Trinajstić information content (AvgIpc) is 2.98. The minimum absolute atomic E-state index is 0.120. The first-order valence-corrected chi connectivity index (χ1v) is 11.1. The lowest BCUT2D eigenvalue weighted by molar-refractivity contribution is -0.0174. The van der Waals surface area contributed by atoms with E-state index in [-0.39, 0.29) is 17.6 Å². The molecular weight excluding hydrogens is 390 g/mol. The molecule has 4 rings (SSSR count). The van der Waals surface area contributed by atoms with Crippen molar-refractivity contribution in [3.8, 4) is 0 Å². The molecule has 0 radical (unpaired) electrons. The number of ether oxygens (including phenoxy) is 1. The summed E-state index contributed by atoms with van der Waals surface area (Å²) >= 11 is 0. The lowest BCUT2D eigenvalue weighted by atomic mass is 9.75. The highest BCUT2D eigenvalue weighted by atomic mass is 16.5. The Bertz CT molecular complexity index is 1040. The van der Waals surface area contributed by atoms with Crippen LogP contribution in [0.3, 0.4) is 0 Å². The summed E-state index contributed by atoms with van der Waals surface area (Å²) in [7, 11) is 0. The van der Waals surface area contributed by atoms with Crippen molar-refractivity contribution in [3.63, 3.8) is 0 Å². The van der Waals surface area contributed by atoms with Gasteiger partial charge < -0.3 is 4.74 Å². The second-order valence-corrected chi connectivity index (χ2v) is 9.26. The van der Waals surface area contributed by atoms with E-state index in [1.54, 1.807) is 24.3 Å². The number of hydrogen-bond acceptors (Lipinski definition) is 4. The predicted octanol–water partition coefficient (Wildman–Crippen LogP) is 5.41. The van der Waals surface area contributed by atoms with Crippen LogP contribution < -0.4 is 4.90 Å². The number of aryl methyl sites for hydroxylation is 1. The topological polar surface area (TPSA) is 63.7 Å². The van der Waals surface area contributed by atoms with Crippen LogP contribution in [0.15, 0.2) is 42.5 Å². The van der Waals surface area contributed by atoms with E-state index in [0.717, 1.165) is 24.8 Å². The van der Waals surface area contributed by atoms with Crippen LogP contribution in [0, 0.1) is 24.7 Å². The average molecular weight is 420 g/mol. The number of fused-ring (bicyclic) bond motifs is 1. The van der Waals surface area contributed by atoms with Crippen LogP contribution in [-0.2, 0) is 4.74 Å². The number of esters is 1. The van der Waals surface area contributed by atoms with Gasteiger partial charge in [0.25, 0.3) is 11.8 Å². The van der Waals surface area contributed by atoms with E-state index in [4.69, 9.17) is 4.74 Å². The molecule has 2 aromatic carbocycles. The number of carbonyl (C=O) groups is 3. The standard InChI is InChI=1S/C26H29NO4/c1-15(2)19-11-9-16(3)13-23(19)31-26(30)18-10-12-20-21(14-18)25(29)27(24(20)28)22-8-6-5-7-17(22)4/h5-8,10,12,14-16,19,23H,9,11,13H2,1-4H3/t16-,19+,23+/m0/s1. The molecule has 1 saturated carbocycles. The van der Waals surface area contributed by atoms with Crippen LogP contribution in [0.5, 0.6) is 0 Å². The minimum atomic E-state index is -0.429. The van der Waals surface area contributed by atoms with Gasteiger partial charge in [0, 0.05) is 0 Å². The maximum absolute atomic E-state index is 13.1. The van der Waals surface area contributed by atoms with Crippen LogP contribution in [-0.4, -0.2) is 23.9 Å². The molecule has 0 spiro atoms. The number of anilines is 1. The number of benzene rings is 2. The molecule has 2 aromatic rings. The van der Waals surface area contributed by atoms with Crippen LogP contribution in [0.4, 0.5) is 5.69 Å². The number of amides is 2. The van der Waals surface area contributed by atoms with Crippen molar-refractivity contribution in [1.82, 2.24) is 0 Å². The van der Waals surface area contributed by atoms with E-state index < -0.39 is 11.9 Å². The fourth-order valence-electron chi connectivity index (χ4n) is 4.86. The first-order chi connectivity index (χ1) is 14.8. The maximum atomic E-state index is 13.1. The van der Waals surface area contributed by atoms with Gasteiger partial charge in [-0.05, 0) is 67.3 Å². The molecule has 0 saturated heterocycles. The van der Waals surface area contributed by atoms with E-state index in [1.807, 2.05) is 19.1 Å². The smallest absolute Gasteiger partial charge is 0.338 e. The second kappa shape index (κ2) is 8.29. The van der Waals surface area contributed by atoms with Gasteiger partial charge in [0.15, 0.2) is 0 Å². The Labute approximate surface area is 183 Å². The first-order valence-electron chi connectivity index (χ1n) is 11.1. The molecule has 31 heavy (non-hydrogen) atoms. The number of nitrogens with zero attached hydrogens (tertiary/aromatic N) is 1. The Morgan fingerprint density at radius 1 is 1.03 bits per heavy atom. The van der Waals surface area contributed by atoms with E-state index in [0.29, 0.717) is 34.6 Å². The van der Waals surface area contributed by atoms with Gasteiger partial charge in [0.2, 0.25) is 0 Å². The summed E-state index contributed by atoms with van der Waals surface area (Å²) in [6.07, 6.45) is 2.95. The largest absolute Gasteiger partial charge is 0.458 e. The molecule has 0 aromatic heterocycles. The summed E-state index contributed by atoms with van der Waals surface area (Å²) in [5.74, 6) is 0.101. The molecule has 162 valence electrons. The molecule has 1 heterocycles. The molecule has 5 nitrogen and oxygen atoms in total.